The Labute approximate surface area is 109 Å². The van der Waals surface area contributed by atoms with E-state index in [1.54, 1.807) is 20.5 Å². The predicted octanol–water partition coefficient (Wildman–Crippen LogP) is 0.998. The van der Waals surface area contributed by atoms with Crippen molar-refractivity contribution in [3.8, 4) is 0 Å². The van der Waals surface area contributed by atoms with Gasteiger partial charge in [0.25, 0.3) is 0 Å². The minimum absolute atomic E-state index is 0.0618. The van der Waals surface area contributed by atoms with E-state index in [0.717, 1.165) is 18.8 Å². The third-order valence-corrected chi connectivity index (χ3v) is 2.80. The highest BCUT2D eigenvalue weighted by Crippen LogP contribution is 2.10. The number of likely N-dealkylation sites (N-methyl/N-ethyl adjacent to an activating group) is 1. The van der Waals surface area contributed by atoms with Gasteiger partial charge in [-0.2, -0.15) is 5.10 Å². The van der Waals surface area contributed by atoms with Gasteiger partial charge in [0.15, 0.2) is 6.29 Å². The number of hydrogen-bond acceptors (Lipinski definition) is 5. The van der Waals surface area contributed by atoms with Gasteiger partial charge in [0.1, 0.15) is 12.2 Å². The fraction of sp³-hybridized carbons (Fsp3) is 0.833. The molecule has 6 heteroatoms. The van der Waals surface area contributed by atoms with Gasteiger partial charge in [-0.25, -0.2) is 9.67 Å². The van der Waals surface area contributed by atoms with Crippen LogP contribution in [0.3, 0.4) is 0 Å². The summed E-state index contributed by atoms with van der Waals surface area (Å²) >= 11 is 0. The minimum atomic E-state index is -0.290. The molecule has 0 aliphatic carbocycles. The lowest BCUT2D eigenvalue weighted by molar-refractivity contribution is -0.122. The van der Waals surface area contributed by atoms with E-state index in [4.69, 9.17) is 9.47 Å². The first kappa shape index (κ1) is 15.1. The monoisotopic (exact) mass is 256 g/mol. The van der Waals surface area contributed by atoms with Crippen molar-refractivity contribution in [2.45, 2.75) is 45.6 Å². The van der Waals surface area contributed by atoms with Crippen LogP contribution in [0.2, 0.25) is 0 Å². The van der Waals surface area contributed by atoms with E-state index >= 15 is 0 Å². The van der Waals surface area contributed by atoms with Crippen molar-refractivity contribution in [1.82, 2.24) is 20.1 Å². The van der Waals surface area contributed by atoms with Crippen molar-refractivity contribution in [3.63, 3.8) is 0 Å². The molecule has 104 valence electrons. The molecule has 0 spiro atoms. The van der Waals surface area contributed by atoms with Gasteiger partial charge in [0, 0.05) is 26.7 Å². The van der Waals surface area contributed by atoms with Gasteiger partial charge >= 0.3 is 0 Å². The van der Waals surface area contributed by atoms with Crippen molar-refractivity contribution in [1.29, 1.82) is 0 Å². The molecule has 0 saturated heterocycles. The van der Waals surface area contributed by atoms with Crippen molar-refractivity contribution in [3.05, 3.63) is 12.2 Å². The summed E-state index contributed by atoms with van der Waals surface area (Å²) in [6.07, 6.45) is 2.02. The van der Waals surface area contributed by atoms with E-state index in [2.05, 4.69) is 36.2 Å². The zero-order valence-electron chi connectivity index (χ0n) is 11.9. The van der Waals surface area contributed by atoms with E-state index in [1.165, 1.54) is 0 Å². The first-order valence-corrected chi connectivity index (χ1v) is 6.31. The second-order valence-electron chi connectivity index (χ2n) is 4.42. The van der Waals surface area contributed by atoms with Crippen LogP contribution in [-0.2, 0) is 15.9 Å². The average Bonchev–Trinajstić information content (AvgIpc) is 2.79. The van der Waals surface area contributed by atoms with E-state index in [1.807, 2.05) is 4.68 Å². The molecule has 0 bridgehead atoms. The second kappa shape index (κ2) is 7.45. The fourth-order valence-corrected chi connectivity index (χ4v) is 2.00. The van der Waals surface area contributed by atoms with Crippen LogP contribution in [0.1, 0.15) is 32.6 Å². The summed E-state index contributed by atoms with van der Waals surface area (Å²) in [5, 5.41) is 7.59. The van der Waals surface area contributed by atoms with E-state index in [9.17, 15) is 0 Å². The van der Waals surface area contributed by atoms with Crippen molar-refractivity contribution >= 4 is 0 Å². The Kier molecular flexibility index (Phi) is 6.24. The molecule has 6 nitrogen and oxygen atoms in total. The number of nitrogens with one attached hydrogen (secondary N) is 1. The van der Waals surface area contributed by atoms with E-state index < -0.39 is 0 Å². The number of nitrogens with zero attached hydrogens (tertiary/aromatic N) is 3. The Morgan fingerprint density at radius 1 is 1.33 bits per heavy atom. The molecule has 0 radical (unpaired) electrons. The van der Waals surface area contributed by atoms with Crippen LogP contribution in [-0.4, -0.2) is 47.9 Å². The molecule has 0 aliphatic heterocycles. The highest BCUT2D eigenvalue weighted by molar-refractivity contribution is 4.92. The topological polar surface area (TPSA) is 61.2 Å². The Morgan fingerprint density at radius 2 is 2.00 bits per heavy atom. The van der Waals surface area contributed by atoms with Crippen LogP contribution in [0, 0.1) is 0 Å². The smallest absolute Gasteiger partial charge is 0.172 e. The molecule has 1 unspecified atom stereocenters. The Bertz CT molecular complexity index is 337. The Balaban J connectivity index is 2.79. The highest BCUT2D eigenvalue weighted by atomic mass is 16.7. The average molecular weight is 256 g/mol. The zero-order valence-corrected chi connectivity index (χ0v) is 11.9. The van der Waals surface area contributed by atoms with Crippen LogP contribution in [0.4, 0.5) is 0 Å². The van der Waals surface area contributed by atoms with E-state index in [0.29, 0.717) is 6.04 Å². The zero-order chi connectivity index (χ0) is 13.5. The molecule has 1 atom stereocenters. The van der Waals surface area contributed by atoms with Gasteiger partial charge in [-0.05, 0) is 20.4 Å². The number of rotatable bonds is 8. The first-order chi connectivity index (χ1) is 8.63. The Hall–Kier alpha value is -0.980. The number of hydrogen-bond donors (Lipinski definition) is 1. The van der Waals surface area contributed by atoms with E-state index in [-0.39, 0.29) is 12.3 Å². The SMILES string of the molecule is CCNC(Cc1ncnn1C(C)C)C(OC)OC. The summed E-state index contributed by atoms with van der Waals surface area (Å²) in [6.45, 7) is 7.08. The molecule has 0 aliphatic rings. The van der Waals surface area contributed by atoms with Gasteiger partial charge in [-0.3, -0.25) is 0 Å². The molecule has 0 amide bonds. The Morgan fingerprint density at radius 3 is 2.50 bits per heavy atom. The maximum Gasteiger partial charge on any atom is 0.172 e. The summed E-state index contributed by atoms with van der Waals surface area (Å²) in [7, 11) is 3.29. The molecule has 0 aromatic carbocycles. The molecular formula is C12H24N4O2. The summed E-state index contributed by atoms with van der Waals surface area (Å²) in [6, 6.07) is 0.361. The molecule has 1 rings (SSSR count). The van der Waals surface area contributed by atoms with Crippen LogP contribution >= 0.6 is 0 Å². The third-order valence-electron chi connectivity index (χ3n) is 2.80. The fourth-order valence-electron chi connectivity index (χ4n) is 2.00. The number of methoxy groups -OCH3 is 2. The minimum Gasteiger partial charge on any atom is -0.354 e. The first-order valence-electron chi connectivity index (χ1n) is 6.31. The summed E-state index contributed by atoms with van der Waals surface area (Å²) in [4.78, 5) is 4.31. The number of aromatic nitrogens is 3. The largest absolute Gasteiger partial charge is 0.354 e. The van der Waals surface area contributed by atoms with Gasteiger partial charge < -0.3 is 14.8 Å². The van der Waals surface area contributed by atoms with Gasteiger partial charge in [-0.15, -0.1) is 0 Å². The predicted molar refractivity (Wildman–Crippen MR) is 69.4 cm³/mol. The molecule has 1 aromatic rings. The standard InChI is InChI=1S/C12H24N4O2/c1-6-13-10(12(17-4)18-5)7-11-14-8-15-16(11)9(2)3/h8-10,12-13H,6-7H2,1-5H3. The summed E-state index contributed by atoms with van der Waals surface area (Å²) in [5.74, 6) is 0.940. The number of ether oxygens (including phenoxy) is 2. The summed E-state index contributed by atoms with van der Waals surface area (Å²) in [5.41, 5.74) is 0. The molecule has 1 heterocycles. The maximum absolute atomic E-state index is 5.32. The maximum atomic E-state index is 5.32. The van der Waals surface area contributed by atoms with Crippen molar-refractivity contribution < 1.29 is 9.47 Å². The van der Waals surface area contributed by atoms with Crippen LogP contribution < -0.4 is 5.32 Å². The second-order valence-corrected chi connectivity index (χ2v) is 4.42. The lowest BCUT2D eigenvalue weighted by Crippen LogP contribution is -2.44. The molecule has 18 heavy (non-hydrogen) atoms. The molecule has 0 fully saturated rings. The van der Waals surface area contributed by atoms with Gasteiger partial charge in [-0.1, -0.05) is 6.92 Å². The van der Waals surface area contributed by atoms with Crippen molar-refractivity contribution in [2.24, 2.45) is 0 Å². The quantitative estimate of drug-likeness (QED) is 0.703. The molecule has 1 N–H and O–H groups in total. The van der Waals surface area contributed by atoms with Crippen LogP contribution in [0.5, 0.6) is 0 Å². The van der Waals surface area contributed by atoms with Gasteiger partial charge in [0.2, 0.25) is 0 Å². The lowest BCUT2D eigenvalue weighted by Gasteiger charge is -2.25. The molecular weight excluding hydrogens is 232 g/mol. The third kappa shape index (κ3) is 3.76. The van der Waals surface area contributed by atoms with Gasteiger partial charge in [0.05, 0.1) is 6.04 Å². The highest BCUT2D eigenvalue weighted by Gasteiger charge is 2.23. The van der Waals surface area contributed by atoms with Crippen molar-refractivity contribution in [2.75, 3.05) is 20.8 Å². The molecule has 0 saturated carbocycles. The van der Waals surface area contributed by atoms with Crippen LogP contribution in [0.25, 0.3) is 0 Å². The molecule has 1 aromatic heterocycles. The summed E-state index contributed by atoms with van der Waals surface area (Å²) < 4.78 is 12.6. The van der Waals surface area contributed by atoms with Crippen LogP contribution in [0.15, 0.2) is 6.33 Å². The lowest BCUT2D eigenvalue weighted by atomic mass is 10.1. The normalized spacial score (nSPS) is 13.5.